The van der Waals surface area contributed by atoms with E-state index in [9.17, 15) is 4.79 Å². The van der Waals surface area contributed by atoms with Gasteiger partial charge in [-0.25, -0.2) is 9.67 Å². The second-order valence-electron chi connectivity index (χ2n) is 8.09. The molecule has 4 heterocycles. The predicted octanol–water partition coefficient (Wildman–Crippen LogP) is 3.64. The van der Waals surface area contributed by atoms with E-state index in [0.29, 0.717) is 18.7 Å². The quantitative estimate of drug-likeness (QED) is 0.500. The van der Waals surface area contributed by atoms with Gasteiger partial charge in [0, 0.05) is 44.8 Å². The Labute approximate surface area is 187 Å². The molecule has 7 heteroatoms. The van der Waals surface area contributed by atoms with E-state index in [1.807, 2.05) is 75.9 Å². The van der Waals surface area contributed by atoms with Gasteiger partial charge < -0.3 is 14.4 Å². The average Bonchev–Trinajstić information content (AvgIpc) is 3.47. The summed E-state index contributed by atoms with van der Waals surface area (Å²) in [7, 11) is 0. The molecule has 0 aliphatic carbocycles. The van der Waals surface area contributed by atoms with Gasteiger partial charge in [-0.05, 0) is 55.8 Å². The summed E-state index contributed by atoms with van der Waals surface area (Å²) in [5, 5.41) is 4.78. The van der Waals surface area contributed by atoms with Gasteiger partial charge in [0.05, 0.1) is 11.4 Å². The number of hydrogen-bond acceptors (Lipinski definition) is 4. The van der Waals surface area contributed by atoms with Crippen LogP contribution in [0.4, 0.5) is 5.82 Å². The number of aromatic nitrogens is 4. The summed E-state index contributed by atoms with van der Waals surface area (Å²) in [6.07, 6.45) is 5.72. The Bertz CT molecular complexity index is 1220. The first kappa shape index (κ1) is 20.1. The molecule has 1 fully saturated rings. The third kappa shape index (κ3) is 3.66. The fourth-order valence-electron chi connectivity index (χ4n) is 4.26. The number of benzene rings is 1. The fraction of sp³-hybridized carbons (Fsp3) is 0.240. The average molecular weight is 427 g/mol. The van der Waals surface area contributed by atoms with Gasteiger partial charge in [-0.3, -0.25) is 4.79 Å². The monoisotopic (exact) mass is 426 g/mol. The highest BCUT2D eigenvalue weighted by molar-refractivity contribution is 5.99. The van der Waals surface area contributed by atoms with Crippen LogP contribution in [0.2, 0.25) is 0 Å². The molecule has 3 aromatic heterocycles. The van der Waals surface area contributed by atoms with Gasteiger partial charge in [0.1, 0.15) is 11.4 Å². The normalized spacial score (nSPS) is 14.1. The van der Waals surface area contributed by atoms with Crippen molar-refractivity contribution in [3.63, 3.8) is 0 Å². The van der Waals surface area contributed by atoms with Gasteiger partial charge in [-0.15, -0.1) is 0 Å². The van der Waals surface area contributed by atoms with Gasteiger partial charge in [-0.2, -0.15) is 5.10 Å². The molecule has 0 bridgehead atoms. The lowest BCUT2D eigenvalue weighted by Crippen LogP contribution is -2.49. The minimum Gasteiger partial charge on any atom is -0.353 e. The van der Waals surface area contributed by atoms with Crippen LogP contribution in [0.15, 0.2) is 73.2 Å². The number of carbonyl (C=O) groups excluding carboxylic acids is 1. The molecule has 1 aliphatic rings. The molecule has 32 heavy (non-hydrogen) atoms. The molecule has 0 N–H and O–H groups in total. The zero-order valence-electron chi connectivity index (χ0n) is 18.3. The van der Waals surface area contributed by atoms with E-state index >= 15 is 0 Å². The number of aryl methyl sites for hydroxylation is 2. The van der Waals surface area contributed by atoms with E-state index in [1.54, 1.807) is 6.20 Å². The van der Waals surface area contributed by atoms with E-state index in [0.717, 1.165) is 41.7 Å². The van der Waals surface area contributed by atoms with E-state index in [1.165, 1.54) is 0 Å². The number of amides is 1. The summed E-state index contributed by atoms with van der Waals surface area (Å²) < 4.78 is 3.85. The number of hydrogen-bond donors (Lipinski definition) is 0. The van der Waals surface area contributed by atoms with Crippen molar-refractivity contribution in [2.75, 3.05) is 31.1 Å². The maximum atomic E-state index is 13.7. The summed E-state index contributed by atoms with van der Waals surface area (Å²) in [5.74, 6) is 1.75. The van der Waals surface area contributed by atoms with Crippen molar-refractivity contribution in [1.82, 2.24) is 24.2 Å². The Balaban J connectivity index is 1.48. The number of nitrogens with zero attached hydrogens (tertiary/aromatic N) is 6. The van der Waals surface area contributed by atoms with Crippen LogP contribution in [-0.2, 0) is 0 Å². The second kappa shape index (κ2) is 8.34. The highest BCUT2D eigenvalue weighted by Crippen LogP contribution is 2.26. The van der Waals surface area contributed by atoms with E-state index in [-0.39, 0.29) is 5.91 Å². The molecule has 5 rings (SSSR count). The first-order valence-corrected chi connectivity index (χ1v) is 10.9. The first-order chi connectivity index (χ1) is 15.6. The highest BCUT2D eigenvalue weighted by Gasteiger charge is 2.29. The minimum atomic E-state index is 0.0192. The van der Waals surface area contributed by atoms with Crippen molar-refractivity contribution in [1.29, 1.82) is 0 Å². The molecule has 162 valence electrons. The SMILES string of the molecule is Cc1cccc(-n2nc(C)c(C(=O)N3CCN(c4ccccn4)CC3)c2-n2cccc2)c1. The lowest BCUT2D eigenvalue weighted by molar-refractivity contribution is 0.0746. The Morgan fingerprint density at radius 3 is 2.38 bits per heavy atom. The molecule has 7 nitrogen and oxygen atoms in total. The molecule has 4 aromatic rings. The van der Waals surface area contributed by atoms with E-state index in [2.05, 4.69) is 28.9 Å². The Kier molecular flexibility index (Phi) is 5.23. The molecular weight excluding hydrogens is 400 g/mol. The Hall–Kier alpha value is -3.87. The van der Waals surface area contributed by atoms with Crippen molar-refractivity contribution in [3.8, 4) is 11.5 Å². The fourth-order valence-corrected chi connectivity index (χ4v) is 4.26. The molecule has 1 aromatic carbocycles. The van der Waals surface area contributed by atoms with Gasteiger partial charge in [-0.1, -0.05) is 18.2 Å². The molecule has 0 saturated carbocycles. The van der Waals surface area contributed by atoms with E-state index in [4.69, 9.17) is 5.10 Å². The number of rotatable bonds is 4. The number of carbonyl (C=O) groups is 1. The highest BCUT2D eigenvalue weighted by atomic mass is 16.2. The lowest BCUT2D eigenvalue weighted by Gasteiger charge is -2.35. The molecule has 1 amide bonds. The Morgan fingerprint density at radius 1 is 0.906 bits per heavy atom. The largest absolute Gasteiger partial charge is 0.353 e. The maximum absolute atomic E-state index is 13.7. The molecule has 1 aliphatic heterocycles. The third-order valence-corrected chi connectivity index (χ3v) is 5.89. The third-order valence-electron chi connectivity index (χ3n) is 5.89. The topological polar surface area (TPSA) is 59.2 Å². The van der Waals surface area contributed by atoms with Crippen molar-refractivity contribution < 1.29 is 4.79 Å². The molecule has 0 radical (unpaired) electrons. The number of piperazine rings is 1. The summed E-state index contributed by atoms with van der Waals surface area (Å²) in [6.45, 7) is 6.78. The summed E-state index contributed by atoms with van der Waals surface area (Å²) in [5.41, 5.74) is 3.46. The van der Waals surface area contributed by atoms with Crippen LogP contribution < -0.4 is 4.90 Å². The molecule has 0 atom stereocenters. The van der Waals surface area contributed by atoms with Crippen LogP contribution >= 0.6 is 0 Å². The summed E-state index contributed by atoms with van der Waals surface area (Å²) in [4.78, 5) is 22.3. The van der Waals surface area contributed by atoms with Crippen LogP contribution in [0.3, 0.4) is 0 Å². The van der Waals surface area contributed by atoms with Crippen LogP contribution in [0.5, 0.6) is 0 Å². The zero-order valence-corrected chi connectivity index (χ0v) is 18.3. The molecule has 1 saturated heterocycles. The van der Waals surface area contributed by atoms with Crippen molar-refractivity contribution >= 4 is 11.7 Å². The van der Waals surface area contributed by atoms with Gasteiger partial charge in [0.2, 0.25) is 0 Å². The minimum absolute atomic E-state index is 0.0192. The van der Waals surface area contributed by atoms with Gasteiger partial charge in [0.25, 0.3) is 5.91 Å². The van der Waals surface area contributed by atoms with Gasteiger partial charge >= 0.3 is 0 Å². The standard InChI is InChI=1S/C25H26N6O/c1-19-8-7-9-21(18-19)31-24(29-12-5-6-13-29)23(20(2)27-31)25(32)30-16-14-28(15-17-30)22-10-3-4-11-26-22/h3-13,18H,14-17H2,1-2H3. The zero-order chi connectivity index (χ0) is 22.1. The summed E-state index contributed by atoms with van der Waals surface area (Å²) >= 11 is 0. The number of pyridine rings is 1. The second-order valence-corrected chi connectivity index (χ2v) is 8.09. The van der Waals surface area contributed by atoms with Crippen molar-refractivity contribution in [2.45, 2.75) is 13.8 Å². The molecule has 0 spiro atoms. The first-order valence-electron chi connectivity index (χ1n) is 10.9. The summed E-state index contributed by atoms with van der Waals surface area (Å²) in [6, 6.07) is 18.0. The van der Waals surface area contributed by atoms with Crippen LogP contribution in [0.1, 0.15) is 21.6 Å². The lowest BCUT2D eigenvalue weighted by atomic mass is 10.1. The van der Waals surface area contributed by atoms with Crippen molar-refractivity contribution in [2.24, 2.45) is 0 Å². The maximum Gasteiger partial charge on any atom is 0.259 e. The van der Waals surface area contributed by atoms with E-state index < -0.39 is 0 Å². The van der Waals surface area contributed by atoms with Crippen LogP contribution in [-0.4, -0.2) is 56.3 Å². The van der Waals surface area contributed by atoms with Crippen LogP contribution in [0, 0.1) is 13.8 Å². The molecule has 0 unspecified atom stereocenters. The predicted molar refractivity (Wildman–Crippen MR) is 125 cm³/mol. The Morgan fingerprint density at radius 2 is 1.69 bits per heavy atom. The van der Waals surface area contributed by atoms with Gasteiger partial charge in [0.15, 0.2) is 5.82 Å². The van der Waals surface area contributed by atoms with Crippen molar-refractivity contribution in [3.05, 3.63) is 90.0 Å². The smallest absolute Gasteiger partial charge is 0.259 e. The van der Waals surface area contributed by atoms with Crippen LogP contribution in [0.25, 0.3) is 11.5 Å². The number of anilines is 1. The molecular formula is C25H26N6O.